The van der Waals surface area contributed by atoms with Gasteiger partial charge in [0.1, 0.15) is 16.5 Å². The van der Waals surface area contributed by atoms with Gasteiger partial charge < -0.3 is 8.88 Å². The maximum Gasteiger partial charge on any atom is 0.112 e. The number of nitrogens with one attached hydrogen (secondary N) is 1. The fraction of sp³-hybridized carbons (Fsp3) is 1.00. The maximum absolute atomic E-state index is 3.58. The molecule has 0 radical (unpaired) electrons. The average molecular weight is 309 g/mol. The van der Waals surface area contributed by atoms with E-state index in [1.807, 2.05) is 0 Å². The largest absolute Gasteiger partial charge is 0.365 e. The van der Waals surface area contributed by atoms with Crippen molar-refractivity contribution in [2.45, 2.75) is 65.5 Å². The molecular weight excluding hydrogens is 272 g/mol. The smallest absolute Gasteiger partial charge is 0.112 e. The first-order valence-corrected chi connectivity index (χ1v) is 19.4. The van der Waals surface area contributed by atoms with Crippen LogP contribution < -0.4 is 4.65 Å². The minimum Gasteiger partial charge on any atom is -0.365 e. The van der Waals surface area contributed by atoms with E-state index < -0.39 is 34.4 Å². The highest BCUT2D eigenvalue weighted by molar-refractivity contribution is 6.89. The van der Waals surface area contributed by atoms with Gasteiger partial charge in [0.05, 0.1) is 17.9 Å². The average Bonchev–Trinajstić information content (AvgIpc) is 1.97. The summed E-state index contributed by atoms with van der Waals surface area (Å²) in [5, 5.41) is 0. The number of hydrogen-bond acceptors (Lipinski definition) is 2. The molecule has 0 spiro atoms. The quantitative estimate of drug-likeness (QED) is 0.803. The monoisotopic (exact) mass is 308 g/mol. The van der Waals surface area contributed by atoms with Gasteiger partial charge in [0, 0.05) is 0 Å². The summed E-state index contributed by atoms with van der Waals surface area (Å²) < 4.78 is 6.24. The molecule has 0 fully saturated rings. The molecule has 0 rings (SSSR count). The molecule has 0 atom stereocenters. The van der Waals surface area contributed by atoms with E-state index >= 15 is 0 Å². The van der Waals surface area contributed by atoms with Gasteiger partial charge in [0.25, 0.3) is 0 Å². The van der Waals surface area contributed by atoms with Crippen LogP contribution in [-0.4, -0.2) is 45.7 Å². The fourth-order valence-corrected chi connectivity index (χ4v) is 15.1. The lowest BCUT2D eigenvalue weighted by Crippen LogP contribution is -2.56. The zero-order valence-electron chi connectivity index (χ0n) is 14.1. The molecule has 0 aliphatic heterocycles. The van der Waals surface area contributed by atoms with Gasteiger partial charge in [-0.3, -0.25) is 0 Å². The number of nitrogens with zero attached hydrogens (tertiary/aromatic N) is 1. The summed E-state index contributed by atoms with van der Waals surface area (Å²) in [5.41, 5.74) is 0. The normalized spacial score (nSPS) is 13.1. The van der Waals surface area contributed by atoms with Gasteiger partial charge in [-0.25, -0.2) is 0 Å². The lowest BCUT2D eigenvalue weighted by Gasteiger charge is -2.40. The third kappa shape index (κ3) is 13.0. The van der Waals surface area contributed by atoms with E-state index in [1.54, 1.807) is 0 Å². The van der Waals surface area contributed by atoms with Crippen LogP contribution in [0, 0.1) is 0 Å². The van der Waals surface area contributed by atoms with E-state index in [-0.39, 0.29) is 0 Å². The van der Waals surface area contributed by atoms with Gasteiger partial charge >= 0.3 is 0 Å². The molecule has 0 heterocycles. The third-order valence-corrected chi connectivity index (χ3v) is 16.1. The van der Waals surface area contributed by atoms with E-state index in [2.05, 4.69) is 81.4 Å². The molecule has 0 saturated heterocycles. The van der Waals surface area contributed by atoms with E-state index in [0.29, 0.717) is 0 Å². The molecule has 0 aliphatic carbocycles. The second-order valence-corrected chi connectivity index (χ2v) is 23.8. The van der Waals surface area contributed by atoms with Crippen LogP contribution in [0.1, 0.15) is 0 Å². The molecule has 0 saturated carbocycles. The van der Waals surface area contributed by atoms with Crippen LogP contribution in [0.3, 0.4) is 0 Å². The molecule has 6 heteroatoms. The predicted octanol–water partition coefficient (Wildman–Crippen LogP) is 3.13. The Hall–Kier alpha value is 0.788. The van der Waals surface area contributed by atoms with Crippen molar-refractivity contribution in [1.82, 2.24) is 8.88 Å². The van der Waals surface area contributed by atoms with Crippen molar-refractivity contribution >= 4 is 34.4 Å². The van der Waals surface area contributed by atoms with Crippen LogP contribution in [0.25, 0.3) is 0 Å². The molecule has 2 nitrogen and oxygen atoms in total. The van der Waals surface area contributed by atoms with Crippen molar-refractivity contribution in [3.8, 4) is 0 Å². The van der Waals surface area contributed by atoms with Crippen LogP contribution >= 0.6 is 0 Å². The minimum absolute atomic E-state index is 0.417. The lowest BCUT2D eigenvalue weighted by atomic mass is 11.6. The summed E-state index contributed by atoms with van der Waals surface area (Å²) in [4.78, 5) is 0. The van der Waals surface area contributed by atoms with Gasteiger partial charge in [0.2, 0.25) is 0 Å². The van der Waals surface area contributed by atoms with Gasteiger partial charge in [-0.05, 0) is 7.05 Å². The molecule has 106 valence electrons. The Labute approximate surface area is 116 Å². The highest BCUT2D eigenvalue weighted by atomic mass is 28.4. The van der Waals surface area contributed by atoms with Gasteiger partial charge in [-0.15, -0.1) is 0 Å². The third-order valence-electron chi connectivity index (χ3n) is 2.68. The van der Waals surface area contributed by atoms with E-state index in [9.17, 15) is 0 Å². The van der Waals surface area contributed by atoms with Crippen molar-refractivity contribution in [3.05, 3.63) is 0 Å². The molecule has 0 bridgehead atoms. The molecule has 0 aromatic carbocycles. The Morgan fingerprint density at radius 3 is 0.941 bits per heavy atom. The van der Waals surface area contributed by atoms with Crippen molar-refractivity contribution in [3.63, 3.8) is 0 Å². The Bertz CT molecular complexity index is 175. The van der Waals surface area contributed by atoms with Crippen molar-refractivity contribution < 1.29 is 0 Å². The Balaban J connectivity index is 0. The standard InChI is InChI=1S/C7H21NSi2.C4H15NSi2/c1-8(9(2,3)4)10(5,6)7;1-6(2)5-7(3)4/h1-7H3;5-7H,1-4H3. The minimum atomic E-state index is -1.00. The number of hydrogen-bond donors (Lipinski definition) is 1. The number of rotatable bonds is 4. The molecular formula is C11H36N2Si4. The van der Waals surface area contributed by atoms with Crippen LogP contribution in [0.15, 0.2) is 0 Å². The van der Waals surface area contributed by atoms with Gasteiger partial charge in [-0.2, -0.15) is 0 Å². The molecule has 1 N–H and O–H groups in total. The van der Waals surface area contributed by atoms with Crippen molar-refractivity contribution in [1.29, 1.82) is 0 Å². The van der Waals surface area contributed by atoms with E-state index in [0.717, 1.165) is 0 Å². The zero-order chi connectivity index (χ0) is 14.4. The van der Waals surface area contributed by atoms with E-state index in [4.69, 9.17) is 0 Å². The first kappa shape index (κ1) is 20.1. The Kier molecular flexibility index (Phi) is 9.53. The SMILES string of the molecule is CN([Si](C)(C)C)[Si](C)(C)C.C[SiH](C)N[SiH](C)C. The molecule has 0 aromatic heterocycles. The Morgan fingerprint density at radius 1 is 0.706 bits per heavy atom. The van der Waals surface area contributed by atoms with Crippen LogP contribution in [0.2, 0.25) is 65.5 Å². The maximum atomic E-state index is 3.58. The first-order valence-electron chi connectivity index (χ1n) is 6.78. The van der Waals surface area contributed by atoms with Crippen LogP contribution in [0.5, 0.6) is 0 Å². The highest BCUT2D eigenvalue weighted by Gasteiger charge is 2.30. The first-order chi connectivity index (χ1) is 7.28. The van der Waals surface area contributed by atoms with Crippen molar-refractivity contribution in [2.75, 3.05) is 7.05 Å². The summed E-state index contributed by atoms with van der Waals surface area (Å²) >= 11 is 0. The summed E-state index contributed by atoms with van der Waals surface area (Å²) in [6.45, 7) is 23.8. The second kappa shape index (κ2) is 8.06. The Morgan fingerprint density at radius 2 is 0.941 bits per heavy atom. The summed E-state index contributed by atoms with van der Waals surface area (Å²) in [7, 11) is -0.545. The predicted molar refractivity (Wildman–Crippen MR) is 95.3 cm³/mol. The molecule has 0 aliphatic rings. The molecule has 0 unspecified atom stereocenters. The highest BCUT2D eigenvalue weighted by Crippen LogP contribution is 2.15. The molecule has 0 aromatic rings. The molecule has 0 amide bonds. The van der Waals surface area contributed by atoms with Crippen LogP contribution in [0.4, 0.5) is 0 Å². The summed E-state index contributed by atoms with van der Waals surface area (Å²) in [6, 6.07) is 0. The summed E-state index contributed by atoms with van der Waals surface area (Å²) in [6.07, 6.45) is 0. The zero-order valence-corrected chi connectivity index (χ0v) is 18.4. The topological polar surface area (TPSA) is 15.3 Å². The van der Waals surface area contributed by atoms with Crippen LogP contribution in [-0.2, 0) is 0 Å². The van der Waals surface area contributed by atoms with Gasteiger partial charge in [-0.1, -0.05) is 65.5 Å². The fourth-order valence-electron chi connectivity index (χ4n) is 1.67. The lowest BCUT2D eigenvalue weighted by molar-refractivity contribution is 0.759. The second-order valence-electron chi connectivity index (χ2n) is 7.38. The van der Waals surface area contributed by atoms with Gasteiger partial charge in [0.15, 0.2) is 0 Å². The van der Waals surface area contributed by atoms with E-state index in [1.165, 1.54) is 0 Å². The summed E-state index contributed by atoms with van der Waals surface area (Å²) in [5.74, 6) is 0. The molecule has 17 heavy (non-hydrogen) atoms. The van der Waals surface area contributed by atoms with Crippen molar-refractivity contribution in [2.24, 2.45) is 0 Å².